The average molecular weight is 301 g/mol. The Kier molecular flexibility index (Phi) is 4.21. The Hall–Kier alpha value is -1.40. The summed E-state index contributed by atoms with van der Waals surface area (Å²) in [6.07, 6.45) is 0.420. The van der Waals surface area contributed by atoms with E-state index in [1.54, 1.807) is 24.3 Å². The van der Waals surface area contributed by atoms with Gasteiger partial charge in [0.05, 0.1) is 10.7 Å². The first-order valence-electron chi connectivity index (χ1n) is 5.68. The highest BCUT2D eigenvalue weighted by Crippen LogP contribution is 2.28. The summed E-state index contributed by atoms with van der Waals surface area (Å²) in [5.74, 6) is 0.0866. The van der Waals surface area contributed by atoms with E-state index in [1.165, 1.54) is 11.8 Å². The van der Waals surface area contributed by atoms with Crippen molar-refractivity contribution in [1.82, 2.24) is 5.32 Å². The largest absolute Gasteiger partial charge is 0.479 e. The number of hydrogen-bond acceptors (Lipinski definition) is 3. The Balaban J connectivity index is 2.05. The van der Waals surface area contributed by atoms with Gasteiger partial charge in [-0.25, -0.2) is 9.59 Å². The fourth-order valence-corrected chi connectivity index (χ4v) is 3.33. The van der Waals surface area contributed by atoms with Gasteiger partial charge in [0.1, 0.15) is 5.54 Å². The molecule has 0 radical (unpaired) electrons. The molecule has 1 unspecified atom stereocenters. The standard InChI is InChI=1S/C12H13ClN2O3S/c13-8-3-1-2-4-9(8)14-11(18)15-12(10(16)17)5-6-19-7-12/h1-4H,5-7H2,(H,16,17)(H2,14,15,18). The molecule has 0 spiro atoms. The van der Waals surface area contributed by atoms with Gasteiger partial charge in [0.15, 0.2) is 0 Å². The number of amides is 2. The fraction of sp³-hybridized carbons (Fsp3) is 0.333. The number of carbonyl (C=O) groups excluding carboxylic acids is 1. The predicted molar refractivity (Wildman–Crippen MR) is 75.9 cm³/mol. The van der Waals surface area contributed by atoms with Gasteiger partial charge < -0.3 is 15.7 Å². The second kappa shape index (κ2) is 5.71. The molecule has 0 bridgehead atoms. The van der Waals surface area contributed by atoms with E-state index in [2.05, 4.69) is 10.6 Å². The van der Waals surface area contributed by atoms with Gasteiger partial charge in [-0.3, -0.25) is 0 Å². The number of anilines is 1. The molecule has 102 valence electrons. The van der Waals surface area contributed by atoms with Crippen LogP contribution in [0.3, 0.4) is 0 Å². The highest BCUT2D eigenvalue weighted by molar-refractivity contribution is 7.99. The molecule has 1 saturated heterocycles. The summed E-state index contributed by atoms with van der Waals surface area (Å²) in [4.78, 5) is 23.2. The lowest BCUT2D eigenvalue weighted by molar-refractivity contribution is -0.143. The van der Waals surface area contributed by atoms with Crippen LogP contribution in [0, 0.1) is 0 Å². The van der Waals surface area contributed by atoms with Crippen molar-refractivity contribution in [2.45, 2.75) is 12.0 Å². The quantitative estimate of drug-likeness (QED) is 0.801. The second-order valence-corrected chi connectivity index (χ2v) is 5.76. The lowest BCUT2D eigenvalue weighted by Gasteiger charge is -2.24. The van der Waals surface area contributed by atoms with Crippen molar-refractivity contribution < 1.29 is 14.7 Å². The predicted octanol–water partition coefficient (Wildman–Crippen LogP) is 2.42. The van der Waals surface area contributed by atoms with Gasteiger partial charge in [-0.05, 0) is 24.3 Å². The Labute approximate surface area is 119 Å². The van der Waals surface area contributed by atoms with Gasteiger partial charge in [-0.1, -0.05) is 23.7 Å². The third kappa shape index (κ3) is 3.13. The lowest BCUT2D eigenvalue weighted by Crippen LogP contribution is -2.55. The summed E-state index contributed by atoms with van der Waals surface area (Å²) in [7, 11) is 0. The Morgan fingerprint density at radius 2 is 2.11 bits per heavy atom. The van der Waals surface area contributed by atoms with Crippen molar-refractivity contribution in [1.29, 1.82) is 0 Å². The Bertz CT molecular complexity index is 504. The molecule has 1 aliphatic rings. The Morgan fingerprint density at radius 3 is 2.68 bits per heavy atom. The van der Waals surface area contributed by atoms with Crippen molar-refractivity contribution in [3.63, 3.8) is 0 Å². The zero-order chi connectivity index (χ0) is 13.9. The van der Waals surface area contributed by atoms with Crippen LogP contribution in [0.2, 0.25) is 5.02 Å². The molecular weight excluding hydrogens is 288 g/mol. The fourth-order valence-electron chi connectivity index (χ4n) is 1.82. The number of carbonyl (C=O) groups is 2. The summed E-state index contributed by atoms with van der Waals surface area (Å²) >= 11 is 7.43. The minimum Gasteiger partial charge on any atom is -0.479 e. The average Bonchev–Trinajstić information content (AvgIpc) is 2.82. The molecule has 5 nitrogen and oxygen atoms in total. The number of carboxylic acid groups (broad SMARTS) is 1. The molecule has 1 aromatic rings. The molecule has 1 heterocycles. The van der Waals surface area contributed by atoms with Crippen molar-refractivity contribution >= 4 is 41.1 Å². The molecule has 19 heavy (non-hydrogen) atoms. The first-order valence-corrected chi connectivity index (χ1v) is 7.22. The molecule has 0 aliphatic carbocycles. The van der Waals surface area contributed by atoms with Gasteiger partial charge in [0, 0.05) is 5.75 Å². The monoisotopic (exact) mass is 300 g/mol. The Morgan fingerprint density at radius 1 is 1.37 bits per heavy atom. The van der Waals surface area contributed by atoms with E-state index in [0.29, 0.717) is 22.9 Å². The van der Waals surface area contributed by atoms with E-state index in [-0.39, 0.29) is 0 Å². The topological polar surface area (TPSA) is 78.4 Å². The summed E-state index contributed by atoms with van der Waals surface area (Å²) in [6, 6.07) is 6.23. The zero-order valence-electron chi connectivity index (χ0n) is 9.98. The van der Waals surface area contributed by atoms with Crippen LogP contribution >= 0.6 is 23.4 Å². The van der Waals surface area contributed by atoms with E-state index in [9.17, 15) is 14.7 Å². The molecule has 1 aromatic carbocycles. The smallest absolute Gasteiger partial charge is 0.330 e. The van der Waals surface area contributed by atoms with Crippen LogP contribution in [0.1, 0.15) is 6.42 Å². The van der Waals surface area contributed by atoms with Crippen LogP contribution in [0.25, 0.3) is 0 Å². The van der Waals surface area contributed by atoms with Crippen molar-refractivity contribution in [2.75, 3.05) is 16.8 Å². The van der Waals surface area contributed by atoms with Crippen molar-refractivity contribution in [3.05, 3.63) is 29.3 Å². The van der Waals surface area contributed by atoms with E-state index in [0.717, 1.165) is 5.75 Å². The maximum absolute atomic E-state index is 11.9. The van der Waals surface area contributed by atoms with Crippen LogP contribution in [-0.4, -0.2) is 34.2 Å². The van der Waals surface area contributed by atoms with Crippen LogP contribution in [0.4, 0.5) is 10.5 Å². The minimum absolute atomic E-state index is 0.373. The molecule has 3 N–H and O–H groups in total. The molecule has 2 rings (SSSR count). The number of rotatable bonds is 3. The summed E-state index contributed by atoms with van der Waals surface area (Å²) in [5.41, 5.74) is -0.733. The van der Waals surface area contributed by atoms with E-state index >= 15 is 0 Å². The SMILES string of the molecule is O=C(Nc1ccccc1Cl)NC1(C(=O)O)CCSC1. The third-order valence-corrected chi connectivity index (χ3v) is 4.43. The second-order valence-electron chi connectivity index (χ2n) is 4.25. The number of urea groups is 1. The van der Waals surface area contributed by atoms with Gasteiger partial charge >= 0.3 is 12.0 Å². The number of halogens is 1. The normalized spacial score (nSPS) is 21.9. The van der Waals surface area contributed by atoms with E-state index in [1.807, 2.05) is 0 Å². The van der Waals surface area contributed by atoms with Gasteiger partial charge in [0.2, 0.25) is 0 Å². The first kappa shape index (κ1) is 14.0. The minimum atomic E-state index is -1.18. The highest BCUT2D eigenvalue weighted by Gasteiger charge is 2.43. The number of nitrogens with one attached hydrogen (secondary N) is 2. The lowest BCUT2D eigenvalue weighted by atomic mass is 10.00. The van der Waals surface area contributed by atoms with Crippen molar-refractivity contribution in [3.8, 4) is 0 Å². The van der Waals surface area contributed by atoms with Gasteiger partial charge in [-0.15, -0.1) is 0 Å². The molecular formula is C12H13ClN2O3S. The maximum atomic E-state index is 11.9. The van der Waals surface area contributed by atoms with Gasteiger partial charge in [-0.2, -0.15) is 11.8 Å². The molecule has 1 atom stereocenters. The number of hydrogen-bond donors (Lipinski definition) is 3. The number of thioether (sulfide) groups is 1. The highest BCUT2D eigenvalue weighted by atomic mass is 35.5. The van der Waals surface area contributed by atoms with Crippen LogP contribution in [-0.2, 0) is 4.79 Å². The zero-order valence-corrected chi connectivity index (χ0v) is 11.6. The summed E-state index contributed by atoms with van der Waals surface area (Å²) < 4.78 is 0. The molecule has 1 aliphatic heterocycles. The summed E-state index contributed by atoms with van der Waals surface area (Å²) in [6.45, 7) is 0. The van der Waals surface area contributed by atoms with Crippen LogP contribution in [0.5, 0.6) is 0 Å². The first-order chi connectivity index (χ1) is 9.03. The van der Waals surface area contributed by atoms with E-state index in [4.69, 9.17) is 11.6 Å². The molecule has 1 fully saturated rings. The van der Waals surface area contributed by atoms with E-state index < -0.39 is 17.5 Å². The molecule has 0 saturated carbocycles. The number of carboxylic acids is 1. The van der Waals surface area contributed by atoms with Crippen molar-refractivity contribution in [2.24, 2.45) is 0 Å². The van der Waals surface area contributed by atoms with Crippen LogP contribution in [0.15, 0.2) is 24.3 Å². The number of benzene rings is 1. The number of aliphatic carboxylic acids is 1. The molecule has 0 aromatic heterocycles. The maximum Gasteiger partial charge on any atom is 0.330 e. The molecule has 2 amide bonds. The van der Waals surface area contributed by atoms with Gasteiger partial charge in [0.25, 0.3) is 0 Å². The summed E-state index contributed by atoms with van der Waals surface area (Å²) in [5, 5.41) is 14.8. The van der Waals surface area contributed by atoms with Crippen LogP contribution < -0.4 is 10.6 Å². The number of para-hydroxylation sites is 1. The molecule has 7 heteroatoms. The third-order valence-electron chi connectivity index (χ3n) is 2.91.